The van der Waals surface area contributed by atoms with E-state index in [1.165, 1.54) is 10.1 Å². The number of anilines is 1. The van der Waals surface area contributed by atoms with E-state index in [0.717, 1.165) is 57.8 Å². The third-order valence-corrected chi connectivity index (χ3v) is 6.22. The van der Waals surface area contributed by atoms with E-state index in [2.05, 4.69) is 32.7 Å². The Balaban J connectivity index is 1.29. The van der Waals surface area contributed by atoms with Gasteiger partial charge in [0.2, 0.25) is 5.91 Å². The van der Waals surface area contributed by atoms with Gasteiger partial charge in [0.1, 0.15) is 5.82 Å². The first-order valence-corrected chi connectivity index (χ1v) is 10.1. The lowest BCUT2D eigenvalue weighted by Crippen LogP contribution is -2.41. The van der Waals surface area contributed by atoms with Crippen LogP contribution < -0.4 is 10.2 Å². The number of fused-ring (bicyclic) bond motifs is 1. The number of pyridine rings is 1. The molecule has 0 bridgehead atoms. The van der Waals surface area contributed by atoms with Crippen molar-refractivity contribution >= 4 is 33.1 Å². The Morgan fingerprint density at radius 2 is 2.04 bits per heavy atom. The molecule has 134 valence electrons. The summed E-state index contributed by atoms with van der Waals surface area (Å²) >= 11 is 1.76. The minimum Gasteiger partial charge on any atom is -0.381 e. The Kier molecular flexibility index (Phi) is 5.17. The highest BCUT2D eigenvalue weighted by Gasteiger charge is 2.24. The topological polar surface area (TPSA) is 54.5 Å². The number of hydrogen-bond donors (Lipinski definition) is 1. The van der Waals surface area contributed by atoms with Crippen molar-refractivity contribution in [3.05, 3.63) is 23.7 Å². The van der Waals surface area contributed by atoms with E-state index < -0.39 is 0 Å². The third-order valence-electron chi connectivity index (χ3n) is 5.33. The quantitative estimate of drug-likeness (QED) is 0.911. The second-order valence-corrected chi connectivity index (χ2v) is 8.00. The van der Waals surface area contributed by atoms with Crippen LogP contribution in [0.4, 0.5) is 5.82 Å². The monoisotopic (exact) mass is 359 g/mol. The first-order valence-electron chi connectivity index (χ1n) is 9.24. The summed E-state index contributed by atoms with van der Waals surface area (Å²) < 4.78 is 6.64. The van der Waals surface area contributed by atoms with Crippen LogP contribution in [0.2, 0.25) is 0 Å². The standard InChI is InChI=1S/C19H25N3O2S/c23-18(21-15-4-10-24-11-5-15)13-14-2-8-22(9-3-14)19-16-6-12-25-17(16)1-7-20-19/h1,6-7,12,14-15H,2-5,8-11,13H2,(H,21,23). The molecule has 0 aliphatic carbocycles. The van der Waals surface area contributed by atoms with Crippen LogP contribution in [0.25, 0.3) is 10.1 Å². The maximum Gasteiger partial charge on any atom is 0.220 e. The average molecular weight is 359 g/mol. The predicted molar refractivity (Wildman–Crippen MR) is 101 cm³/mol. The molecule has 0 spiro atoms. The maximum absolute atomic E-state index is 12.3. The van der Waals surface area contributed by atoms with E-state index >= 15 is 0 Å². The summed E-state index contributed by atoms with van der Waals surface area (Å²) in [4.78, 5) is 19.3. The molecule has 0 unspecified atom stereocenters. The van der Waals surface area contributed by atoms with Crippen LogP contribution in [0.3, 0.4) is 0 Å². The van der Waals surface area contributed by atoms with Gasteiger partial charge in [0.15, 0.2) is 0 Å². The molecule has 2 aromatic heterocycles. The summed E-state index contributed by atoms with van der Waals surface area (Å²) in [6.07, 6.45) is 6.57. The number of aromatic nitrogens is 1. The Morgan fingerprint density at radius 1 is 1.24 bits per heavy atom. The van der Waals surface area contributed by atoms with Crippen molar-refractivity contribution in [1.82, 2.24) is 10.3 Å². The number of nitrogens with zero attached hydrogens (tertiary/aromatic N) is 2. The molecule has 6 heteroatoms. The number of piperidine rings is 1. The highest BCUT2D eigenvalue weighted by atomic mass is 32.1. The Hall–Kier alpha value is -1.66. The summed E-state index contributed by atoms with van der Waals surface area (Å²) in [6.45, 7) is 3.50. The minimum absolute atomic E-state index is 0.211. The van der Waals surface area contributed by atoms with Crippen molar-refractivity contribution in [3.8, 4) is 0 Å². The van der Waals surface area contributed by atoms with E-state index in [-0.39, 0.29) is 5.91 Å². The molecule has 2 aliphatic heterocycles. The van der Waals surface area contributed by atoms with Crippen LogP contribution in [0, 0.1) is 5.92 Å². The van der Waals surface area contributed by atoms with Gasteiger partial charge in [0, 0.05) is 55.0 Å². The van der Waals surface area contributed by atoms with E-state index in [0.29, 0.717) is 18.4 Å². The Morgan fingerprint density at radius 3 is 2.84 bits per heavy atom. The van der Waals surface area contributed by atoms with Crippen molar-refractivity contribution in [3.63, 3.8) is 0 Å². The molecule has 1 N–H and O–H groups in total. The molecule has 0 radical (unpaired) electrons. The van der Waals surface area contributed by atoms with Crippen LogP contribution in [0.5, 0.6) is 0 Å². The van der Waals surface area contributed by atoms with Crippen LogP contribution >= 0.6 is 11.3 Å². The van der Waals surface area contributed by atoms with Crippen molar-refractivity contribution < 1.29 is 9.53 Å². The molecule has 0 saturated carbocycles. The van der Waals surface area contributed by atoms with Crippen molar-refractivity contribution in [1.29, 1.82) is 0 Å². The van der Waals surface area contributed by atoms with Crippen LogP contribution in [-0.2, 0) is 9.53 Å². The molecule has 2 aliphatic rings. The number of carbonyl (C=O) groups excluding carboxylic acids is 1. The summed E-state index contributed by atoms with van der Waals surface area (Å²) in [7, 11) is 0. The number of thiophene rings is 1. The summed E-state index contributed by atoms with van der Waals surface area (Å²) in [5.41, 5.74) is 0. The lowest BCUT2D eigenvalue weighted by molar-refractivity contribution is -0.123. The Bertz CT molecular complexity index is 718. The van der Waals surface area contributed by atoms with Gasteiger partial charge in [-0.15, -0.1) is 11.3 Å². The van der Waals surface area contributed by atoms with Gasteiger partial charge in [-0.05, 0) is 49.1 Å². The number of nitrogens with one attached hydrogen (secondary N) is 1. The maximum atomic E-state index is 12.3. The van der Waals surface area contributed by atoms with Crippen molar-refractivity contribution in [2.75, 3.05) is 31.2 Å². The number of hydrogen-bond acceptors (Lipinski definition) is 5. The zero-order chi connectivity index (χ0) is 17.1. The van der Waals surface area contributed by atoms with Gasteiger partial charge >= 0.3 is 0 Å². The predicted octanol–water partition coefficient (Wildman–Crippen LogP) is 3.20. The van der Waals surface area contributed by atoms with Gasteiger partial charge in [-0.25, -0.2) is 4.98 Å². The smallest absolute Gasteiger partial charge is 0.220 e. The molecule has 2 fully saturated rings. The van der Waals surface area contributed by atoms with Crippen LogP contribution in [-0.4, -0.2) is 43.2 Å². The van der Waals surface area contributed by atoms with E-state index in [9.17, 15) is 4.79 Å². The largest absolute Gasteiger partial charge is 0.381 e. The molecule has 2 saturated heterocycles. The molecule has 5 nitrogen and oxygen atoms in total. The first-order chi connectivity index (χ1) is 12.3. The molecule has 25 heavy (non-hydrogen) atoms. The first kappa shape index (κ1) is 16.8. The fourth-order valence-corrected chi connectivity index (χ4v) is 4.65. The molecule has 2 aromatic rings. The number of ether oxygens (including phenoxy) is 1. The highest BCUT2D eigenvalue weighted by Crippen LogP contribution is 2.31. The van der Waals surface area contributed by atoms with Gasteiger partial charge in [-0.1, -0.05) is 0 Å². The van der Waals surface area contributed by atoms with Crippen molar-refractivity contribution in [2.24, 2.45) is 5.92 Å². The zero-order valence-corrected chi connectivity index (χ0v) is 15.3. The molecule has 4 rings (SSSR count). The highest BCUT2D eigenvalue weighted by molar-refractivity contribution is 7.17. The molecule has 0 aromatic carbocycles. The Labute approximate surface area is 152 Å². The fraction of sp³-hybridized carbons (Fsp3) is 0.579. The number of amides is 1. The molecule has 4 heterocycles. The zero-order valence-electron chi connectivity index (χ0n) is 14.4. The normalized spacial score (nSPS) is 20.1. The van der Waals surface area contributed by atoms with Gasteiger partial charge in [0.25, 0.3) is 0 Å². The van der Waals surface area contributed by atoms with E-state index in [1.54, 1.807) is 11.3 Å². The van der Waals surface area contributed by atoms with Crippen LogP contribution in [0.15, 0.2) is 23.7 Å². The van der Waals surface area contributed by atoms with Gasteiger partial charge < -0.3 is 15.0 Å². The third kappa shape index (κ3) is 3.96. The molecule has 1 amide bonds. The van der Waals surface area contributed by atoms with Gasteiger partial charge in [-0.3, -0.25) is 4.79 Å². The number of rotatable bonds is 4. The molecular weight excluding hydrogens is 334 g/mol. The second kappa shape index (κ2) is 7.70. The molecule has 0 atom stereocenters. The summed E-state index contributed by atoms with van der Waals surface area (Å²) in [6, 6.07) is 4.55. The SMILES string of the molecule is O=C(CC1CCN(c2nccc3sccc23)CC1)NC1CCOCC1. The van der Waals surface area contributed by atoms with E-state index in [1.807, 2.05) is 6.20 Å². The van der Waals surface area contributed by atoms with Crippen LogP contribution in [0.1, 0.15) is 32.1 Å². The summed E-state index contributed by atoms with van der Waals surface area (Å²) in [5, 5.41) is 6.57. The van der Waals surface area contributed by atoms with E-state index in [4.69, 9.17) is 4.74 Å². The van der Waals surface area contributed by atoms with Gasteiger partial charge in [-0.2, -0.15) is 0 Å². The number of carbonyl (C=O) groups is 1. The lowest BCUT2D eigenvalue weighted by Gasteiger charge is -2.33. The second-order valence-electron chi connectivity index (χ2n) is 7.06. The summed E-state index contributed by atoms with van der Waals surface area (Å²) in [5.74, 6) is 1.80. The average Bonchev–Trinajstić information content (AvgIpc) is 3.12. The lowest BCUT2D eigenvalue weighted by atomic mass is 9.92. The minimum atomic E-state index is 0.211. The molecular formula is C19H25N3O2S. The fourth-order valence-electron chi connectivity index (χ4n) is 3.87. The van der Waals surface area contributed by atoms with Gasteiger partial charge in [0.05, 0.1) is 0 Å². The van der Waals surface area contributed by atoms with Crippen molar-refractivity contribution in [2.45, 2.75) is 38.1 Å².